The summed E-state index contributed by atoms with van der Waals surface area (Å²) in [6, 6.07) is 6.50. The molecule has 0 aliphatic carbocycles. The Balaban J connectivity index is 1.92. The lowest BCUT2D eigenvalue weighted by Crippen LogP contribution is -2.19. The van der Waals surface area contributed by atoms with E-state index in [1.54, 1.807) is 7.11 Å². The number of aliphatic hydroxyl groups excluding tert-OH is 1. The van der Waals surface area contributed by atoms with Gasteiger partial charge in [-0.25, -0.2) is 0 Å². The van der Waals surface area contributed by atoms with E-state index in [2.05, 4.69) is 28.4 Å². The third-order valence-electron chi connectivity index (χ3n) is 3.78. The number of rotatable bonds is 8. The van der Waals surface area contributed by atoms with Gasteiger partial charge < -0.3 is 15.2 Å². The highest BCUT2D eigenvalue weighted by Crippen LogP contribution is 2.22. The van der Waals surface area contributed by atoms with E-state index in [1.807, 2.05) is 0 Å². The molecule has 4 heteroatoms. The summed E-state index contributed by atoms with van der Waals surface area (Å²) in [6.45, 7) is 5.30. The molecule has 1 aromatic rings. The first-order chi connectivity index (χ1) is 9.83. The summed E-state index contributed by atoms with van der Waals surface area (Å²) < 4.78 is 5.50. The van der Waals surface area contributed by atoms with Gasteiger partial charge in [-0.15, -0.1) is 0 Å². The van der Waals surface area contributed by atoms with Crippen molar-refractivity contribution in [1.29, 1.82) is 0 Å². The highest BCUT2D eigenvalue weighted by molar-refractivity contribution is 5.37. The quantitative estimate of drug-likeness (QED) is 0.711. The number of hydrogen-bond donors (Lipinski definition) is 2. The molecule has 1 aliphatic rings. The molecule has 1 aromatic carbocycles. The van der Waals surface area contributed by atoms with Gasteiger partial charge in [0.25, 0.3) is 0 Å². The van der Waals surface area contributed by atoms with Crippen molar-refractivity contribution in [1.82, 2.24) is 10.2 Å². The van der Waals surface area contributed by atoms with Crippen LogP contribution in [0.2, 0.25) is 0 Å². The fourth-order valence-electron chi connectivity index (χ4n) is 2.66. The Hall–Kier alpha value is -1.10. The summed E-state index contributed by atoms with van der Waals surface area (Å²) in [5.41, 5.74) is 2.50. The molecule has 0 atom stereocenters. The van der Waals surface area contributed by atoms with Crippen LogP contribution in [0.5, 0.6) is 5.75 Å². The zero-order chi connectivity index (χ0) is 14.2. The zero-order valence-electron chi connectivity index (χ0n) is 12.4. The first kappa shape index (κ1) is 15.3. The summed E-state index contributed by atoms with van der Waals surface area (Å²) in [6.07, 6.45) is 3.43. The Labute approximate surface area is 121 Å². The second-order valence-corrected chi connectivity index (χ2v) is 5.38. The van der Waals surface area contributed by atoms with Gasteiger partial charge in [0.2, 0.25) is 0 Å². The molecule has 1 aliphatic heterocycles. The molecule has 0 amide bonds. The van der Waals surface area contributed by atoms with E-state index in [0.717, 1.165) is 31.8 Å². The van der Waals surface area contributed by atoms with E-state index < -0.39 is 0 Å². The van der Waals surface area contributed by atoms with Crippen LogP contribution in [-0.4, -0.2) is 43.4 Å². The fraction of sp³-hybridized carbons (Fsp3) is 0.625. The maximum Gasteiger partial charge on any atom is 0.123 e. The van der Waals surface area contributed by atoms with Crippen molar-refractivity contribution in [2.75, 3.05) is 33.4 Å². The highest BCUT2D eigenvalue weighted by Gasteiger charge is 2.12. The number of ether oxygens (including phenoxy) is 1. The molecule has 0 aromatic heterocycles. The van der Waals surface area contributed by atoms with Crippen LogP contribution >= 0.6 is 0 Å². The Bertz CT molecular complexity index is 403. The monoisotopic (exact) mass is 278 g/mol. The Morgan fingerprint density at radius 1 is 1.30 bits per heavy atom. The van der Waals surface area contributed by atoms with Crippen LogP contribution in [0.25, 0.3) is 0 Å². The smallest absolute Gasteiger partial charge is 0.123 e. The molecule has 1 heterocycles. The van der Waals surface area contributed by atoms with Gasteiger partial charge in [-0.2, -0.15) is 0 Å². The minimum atomic E-state index is 0.235. The van der Waals surface area contributed by atoms with Crippen molar-refractivity contribution >= 4 is 0 Å². The molecule has 2 N–H and O–H groups in total. The topological polar surface area (TPSA) is 44.7 Å². The number of nitrogens with one attached hydrogen (secondary N) is 1. The minimum absolute atomic E-state index is 0.235. The van der Waals surface area contributed by atoms with Crippen molar-refractivity contribution in [2.24, 2.45) is 0 Å². The average Bonchev–Trinajstić information content (AvgIpc) is 2.97. The fourth-order valence-corrected chi connectivity index (χ4v) is 2.66. The molecule has 112 valence electrons. The molecule has 0 spiro atoms. The predicted molar refractivity (Wildman–Crippen MR) is 80.9 cm³/mol. The summed E-state index contributed by atoms with van der Waals surface area (Å²) in [5, 5.41) is 12.1. The number of nitrogens with zero attached hydrogens (tertiary/aromatic N) is 1. The van der Waals surface area contributed by atoms with Crippen molar-refractivity contribution in [3.8, 4) is 5.75 Å². The van der Waals surface area contributed by atoms with Crippen molar-refractivity contribution in [3.05, 3.63) is 29.3 Å². The van der Waals surface area contributed by atoms with Crippen LogP contribution in [-0.2, 0) is 13.1 Å². The Morgan fingerprint density at radius 2 is 2.10 bits per heavy atom. The number of methoxy groups -OCH3 is 1. The summed E-state index contributed by atoms with van der Waals surface area (Å²) >= 11 is 0. The first-order valence-corrected chi connectivity index (χ1v) is 7.53. The lowest BCUT2D eigenvalue weighted by atomic mass is 10.1. The maximum absolute atomic E-state index is 8.77. The molecule has 0 radical (unpaired) electrons. The van der Waals surface area contributed by atoms with Crippen molar-refractivity contribution < 1.29 is 9.84 Å². The van der Waals surface area contributed by atoms with E-state index in [9.17, 15) is 0 Å². The average molecular weight is 278 g/mol. The molecule has 0 saturated carbocycles. The molecule has 0 bridgehead atoms. The van der Waals surface area contributed by atoms with Gasteiger partial charge in [0.15, 0.2) is 0 Å². The third-order valence-corrected chi connectivity index (χ3v) is 3.78. The standard InChI is InChI=1S/C16H26N2O2/c1-20-16-11-14(13-18-8-2-3-9-18)5-6-15(16)12-17-7-4-10-19/h5-6,11,17,19H,2-4,7-10,12-13H2,1H3. The van der Waals surface area contributed by atoms with E-state index in [-0.39, 0.29) is 6.61 Å². The minimum Gasteiger partial charge on any atom is -0.496 e. The summed E-state index contributed by atoms with van der Waals surface area (Å²) in [4.78, 5) is 2.49. The molecule has 2 rings (SSSR count). The summed E-state index contributed by atoms with van der Waals surface area (Å²) in [5.74, 6) is 0.957. The van der Waals surface area contributed by atoms with Crippen LogP contribution in [0.1, 0.15) is 30.4 Å². The van der Waals surface area contributed by atoms with Crippen LogP contribution in [0.4, 0.5) is 0 Å². The molecule has 20 heavy (non-hydrogen) atoms. The van der Waals surface area contributed by atoms with Crippen molar-refractivity contribution in [3.63, 3.8) is 0 Å². The van der Waals surface area contributed by atoms with Gasteiger partial charge >= 0.3 is 0 Å². The molecule has 0 unspecified atom stereocenters. The van der Waals surface area contributed by atoms with Crippen LogP contribution in [0.3, 0.4) is 0 Å². The second kappa shape index (κ2) is 8.25. The lowest BCUT2D eigenvalue weighted by molar-refractivity contribution is 0.286. The molecule has 1 saturated heterocycles. The van der Waals surface area contributed by atoms with E-state index in [0.29, 0.717) is 0 Å². The van der Waals surface area contributed by atoms with Gasteiger partial charge in [0.05, 0.1) is 7.11 Å². The van der Waals surface area contributed by atoms with Gasteiger partial charge in [-0.05, 0) is 50.5 Å². The van der Waals surface area contributed by atoms with E-state index in [4.69, 9.17) is 9.84 Å². The Morgan fingerprint density at radius 3 is 2.80 bits per heavy atom. The Kier molecular flexibility index (Phi) is 6.30. The lowest BCUT2D eigenvalue weighted by Gasteiger charge is -2.16. The maximum atomic E-state index is 8.77. The zero-order valence-corrected chi connectivity index (χ0v) is 12.4. The molecular formula is C16H26N2O2. The van der Waals surface area contributed by atoms with Crippen LogP contribution in [0, 0.1) is 0 Å². The van der Waals surface area contributed by atoms with Crippen LogP contribution in [0.15, 0.2) is 18.2 Å². The van der Waals surface area contributed by atoms with E-state index in [1.165, 1.54) is 37.1 Å². The molecule has 1 fully saturated rings. The number of likely N-dealkylation sites (tertiary alicyclic amines) is 1. The van der Waals surface area contributed by atoms with Gasteiger partial charge in [-0.1, -0.05) is 12.1 Å². The van der Waals surface area contributed by atoms with Crippen LogP contribution < -0.4 is 10.1 Å². The number of aliphatic hydroxyl groups is 1. The van der Waals surface area contributed by atoms with Gasteiger partial charge in [0, 0.05) is 25.3 Å². The molecule has 4 nitrogen and oxygen atoms in total. The van der Waals surface area contributed by atoms with E-state index >= 15 is 0 Å². The second-order valence-electron chi connectivity index (χ2n) is 5.38. The normalized spacial score (nSPS) is 15.7. The summed E-state index contributed by atoms with van der Waals surface area (Å²) in [7, 11) is 1.73. The van der Waals surface area contributed by atoms with Gasteiger partial charge in [0.1, 0.15) is 5.75 Å². The largest absolute Gasteiger partial charge is 0.496 e. The first-order valence-electron chi connectivity index (χ1n) is 7.53. The van der Waals surface area contributed by atoms with Crippen molar-refractivity contribution in [2.45, 2.75) is 32.4 Å². The SMILES string of the molecule is COc1cc(CN2CCCC2)ccc1CNCCCO. The number of benzene rings is 1. The molecular weight excluding hydrogens is 252 g/mol. The van der Waals surface area contributed by atoms with Gasteiger partial charge in [-0.3, -0.25) is 4.90 Å². The number of hydrogen-bond acceptors (Lipinski definition) is 4. The third kappa shape index (κ3) is 4.47. The highest BCUT2D eigenvalue weighted by atomic mass is 16.5. The predicted octanol–water partition coefficient (Wildman–Crippen LogP) is 1.76.